The third-order valence-electron chi connectivity index (χ3n) is 5.74. The number of hydrogen-bond donors (Lipinski definition) is 2. The third kappa shape index (κ3) is 6.35. The Morgan fingerprint density at radius 2 is 1.81 bits per heavy atom. The van der Waals surface area contributed by atoms with Crippen LogP contribution in [-0.4, -0.2) is 54.0 Å². The maximum Gasteiger partial charge on any atom is 0.230 e. The van der Waals surface area contributed by atoms with Crippen LogP contribution < -0.4 is 20.3 Å². The van der Waals surface area contributed by atoms with Crippen LogP contribution in [0.2, 0.25) is 0 Å². The van der Waals surface area contributed by atoms with E-state index in [1.54, 1.807) is 7.11 Å². The minimum absolute atomic E-state index is 0.0526. The number of amides is 2. The van der Waals surface area contributed by atoms with Crippen molar-refractivity contribution in [3.63, 3.8) is 0 Å². The highest BCUT2D eigenvalue weighted by Gasteiger charge is 2.30. The molecule has 9 heteroatoms. The minimum atomic E-state index is -0.0526. The van der Waals surface area contributed by atoms with Crippen molar-refractivity contribution in [1.82, 2.24) is 20.8 Å². The maximum absolute atomic E-state index is 12.2. The van der Waals surface area contributed by atoms with Crippen LogP contribution in [0.3, 0.4) is 0 Å². The van der Waals surface area contributed by atoms with E-state index in [9.17, 15) is 9.59 Å². The van der Waals surface area contributed by atoms with E-state index in [0.717, 1.165) is 55.9 Å². The van der Waals surface area contributed by atoms with E-state index in [2.05, 4.69) is 25.7 Å². The van der Waals surface area contributed by atoms with Gasteiger partial charge in [-0.3, -0.25) is 9.59 Å². The molecule has 0 spiro atoms. The zero-order valence-corrected chi connectivity index (χ0v) is 19.1. The molecule has 1 aliphatic heterocycles. The number of methoxy groups -OCH3 is 1. The number of carbonyl (C=O) groups is 2. The first-order chi connectivity index (χ1) is 15.6. The first-order valence-electron chi connectivity index (χ1n) is 11.0. The van der Waals surface area contributed by atoms with Gasteiger partial charge in [0.05, 0.1) is 12.9 Å². The van der Waals surface area contributed by atoms with Crippen LogP contribution in [0.15, 0.2) is 41.4 Å². The smallest absolute Gasteiger partial charge is 0.230 e. The van der Waals surface area contributed by atoms with Gasteiger partial charge in [-0.05, 0) is 55.5 Å². The summed E-state index contributed by atoms with van der Waals surface area (Å²) >= 11 is 1.36. The van der Waals surface area contributed by atoms with Gasteiger partial charge < -0.3 is 20.3 Å². The molecule has 2 N–H and O–H groups in total. The van der Waals surface area contributed by atoms with Crippen molar-refractivity contribution >= 4 is 29.4 Å². The number of thioether (sulfide) groups is 1. The summed E-state index contributed by atoms with van der Waals surface area (Å²) in [6.45, 7) is 2.08. The van der Waals surface area contributed by atoms with Crippen molar-refractivity contribution in [3.05, 3.63) is 42.0 Å². The molecule has 1 aliphatic carbocycles. The zero-order valence-electron chi connectivity index (χ0n) is 18.3. The maximum atomic E-state index is 12.2. The van der Waals surface area contributed by atoms with Gasteiger partial charge in [-0.15, -0.1) is 10.2 Å². The Kier molecular flexibility index (Phi) is 7.47. The molecule has 0 unspecified atom stereocenters. The largest absolute Gasteiger partial charge is 0.497 e. The van der Waals surface area contributed by atoms with Crippen LogP contribution in [0.4, 0.5) is 5.82 Å². The summed E-state index contributed by atoms with van der Waals surface area (Å²) in [5, 5.41) is 15.3. The number of rotatable bonds is 9. The summed E-state index contributed by atoms with van der Waals surface area (Å²) < 4.78 is 5.14. The van der Waals surface area contributed by atoms with Crippen LogP contribution in [0.1, 0.15) is 31.2 Å². The van der Waals surface area contributed by atoms with Gasteiger partial charge in [-0.25, -0.2) is 0 Å². The highest BCUT2D eigenvalue weighted by atomic mass is 32.2. The van der Waals surface area contributed by atoms with E-state index in [0.29, 0.717) is 17.6 Å². The quantitative estimate of drug-likeness (QED) is 0.561. The van der Waals surface area contributed by atoms with Crippen LogP contribution >= 0.6 is 11.8 Å². The molecular weight excluding hydrogens is 426 g/mol. The number of ether oxygens (including phenoxy) is 1. The van der Waals surface area contributed by atoms with Crippen molar-refractivity contribution in [1.29, 1.82) is 0 Å². The molecule has 0 radical (unpaired) electrons. The highest BCUT2D eigenvalue weighted by Crippen LogP contribution is 2.25. The van der Waals surface area contributed by atoms with E-state index in [1.165, 1.54) is 11.8 Å². The van der Waals surface area contributed by atoms with E-state index < -0.39 is 0 Å². The van der Waals surface area contributed by atoms with Crippen molar-refractivity contribution in [3.8, 4) is 5.75 Å². The van der Waals surface area contributed by atoms with Gasteiger partial charge in [0.25, 0.3) is 0 Å². The molecule has 4 rings (SSSR count). The molecule has 1 aromatic carbocycles. The molecule has 1 saturated carbocycles. The van der Waals surface area contributed by atoms with Crippen molar-refractivity contribution in [2.75, 3.05) is 30.9 Å². The van der Waals surface area contributed by atoms with Crippen LogP contribution in [0, 0.1) is 5.92 Å². The predicted octanol–water partition coefficient (Wildman–Crippen LogP) is 2.39. The Balaban J connectivity index is 1.17. The number of carbonyl (C=O) groups excluding carboxylic acids is 2. The van der Waals surface area contributed by atoms with Gasteiger partial charge in [0.15, 0.2) is 5.82 Å². The fourth-order valence-corrected chi connectivity index (χ4v) is 4.25. The van der Waals surface area contributed by atoms with Crippen molar-refractivity contribution in [2.45, 2.75) is 43.3 Å². The molecule has 8 nitrogen and oxygen atoms in total. The van der Waals surface area contributed by atoms with Crippen molar-refractivity contribution < 1.29 is 14.3 Å². The topological polar surface area (TPSA) is 96.5 Å². The molecule has 170 valence electrons. The molecule has 1 aromatic heterocycles. The molecule has 0 atom stereocenters. The summed E-state index contributed by atoms with van der Waals surface area (Å²) in [7, 11) is 1.63. The number of hydrogen-bond acceptors (Lipinski definition) is 7. The first kappa shape index (κ1) is 22.4. The molecule has 2 aliphatic rings. The Morgan fingerprint density at radius 3 is 2.44 bits per heavy atom. The second-order valence-electron chi connectivity index (χ2n) is 8.19. The van der Waals surface area contributed by atoms with Gasteiger partial charge in [0, 0.05) is 31.6 Å². The van der Waals surface area contributed by atoms with Crippen LogP contribution in [0.5, 0.6) is 5.75 Å². The molecule has 0 bridgehead atoms. The van der Waals surface area contributed by atoms with Gasteiger partial charge >= 0.3 is 0 Å². The average molecular weight is 456 g/mol. The number of benzene rings is 1. The summed E-state index contributed by atoms with van der Waals surface area (Å²) in [4.78, 5) is 26.5. The number of anilines is 1. The number of piperidine rings is 1. The van der Waals surface area contributed by atoms with Crippen LogP contribution in [-0.2, 0) is 16.1 Å². The van der Waals surface area contributed by atoms with E-state index >= 15 is 0 Å². The zero-order chi connectivity index (χ0) is 22.3. The van der Waals surface area contributed by atoms with Gasteiger partial charge in [-0.1, -0.05) is 23.9 Å². The Labute approximate surface area is 192 Å². The number of nitrogens with one attached hydrogen (secondary N) is 2. The second kappa shape index (κ2) is 10.7. The monoisotopic (exact) mass is 455 g/mol. The Hall–Kier alpha value is -2.81. The molecule has 2 heterocycles. The van der Waals surface area contributed by atoms with E-state index in [4.69, 9.17) is 4.74 Å². The number of nitrogens with zero attached hydrogens (tertiary/aromatic N) is 3. The summed E-state index contributed by atoms with van der Waals surface area (Å²) in [5.74, 6) is 2.15. The van der Waals surface area contributed by atoms with E-state index in [1.807, 2.05) is 36.4 Å². The summed E-state index contributed by atoms with van der Waals surface area (Å²) in [6, 6.07) is 11.9. The van der Waals surface area contributed by atoms with Crippen LogP contribution in [0.25, 0.3) is 0 Å². The van der Waals surface area contributed by atoms with Gasteiger partial charge in [0.2, 0.25) is 11.8 Å². The lowest BCUT2D eigenvalue weighted by atomic mass is 9.96. The molecular formula is C23H29N5O3S. The fraction of sp³-hybridized carbons (Fsp3) is 0.478. The van der Waals surface area contributed by atoms with Crippen molar-refractivity contribution in [2.24, 2.45) is 5.92 Å². The number of aromatic nitrogens is 2. The first-order valence-corrected chi connectivity index (χ1v) is 12.0. The third-order valence-corrected chi connectivity index (χ3v) is 6.66. The Morgan fingerprint density at radius 1 is 1.06 bits per heavy atom. The molecule has 32 heavy (non-hydrogen) atoms. The lowest BCUT2D eigenvalue weighted by molar-refractivity contribution is -0.125. The lowest BCUT2D eigenvalue weighted by Crippen LogP contribution is -2.41. The summed E-state index contributed by atoms with van der Waals surface area (Å²) in [6.07, 6.45) is 3.92. The molecule has 2 fully saturated rings. The normalized spacial score (nSPS) is 16.5. The molecule has 2 amide bonds. The van der Waals surface area contributed by atoms with E-state index in [-0.39, 0.29) is 23.5 Å². The summed E-state index contributed by atoms with van der Waals surface area (Å²) in [5.41, 5.74) is 1.02. The SMILES string of the molecule is COc1ccc(CNC(=O)CSc2ccc(N3CCC(C(=O)NC4CC4)CC3)nn2)cc1. The Bertz CT molecular complexity index is 910. The predicted molar refractivity (Wildman–Crippen MR) is 124 cm³/mol. The lowest BCUT2D eigenvalue weighted by Gasteiger charge is -2.31. The fourth-order valence-electron chi connectivity index (χ4n) is 3.61. The van der Waals surface area contributed by atoms with Gasteiger partial charge in [-0.2, -0.15) is 0 Å². The minimum Gasteiger partial charge on any atom is -0.497 e. The molecule has 2 aromatic rings. The van der Waals surface area contributed by atoms with Gasteiger partial charge in [0.1, 0.15) is 10.8 Å². The average Bonchev–Trinajstić information content (AvgIpc) is 3.66. The molecule has 1 saturated heterocycles. The second-order valence-corrected chi connectivity index (χ2v) is 9.18. The standard InChI is InChI=1S/C23H29N5O3S/c1-31-19-6-2-16(3-7-19)14-24-21(29)15-32-22-9-8-20(26-27-22)28-12-10-17(11-13-28)23(30)25-18-4-5-18/h2-3,6-9,17-18H,4-5,10-15H2,1H3,(H,24,29)(H,25,30). The highest BCUT2D eigenvalue weighted by molar-refractivity contribution is 7.99.